The number of nitro groups is 1. The van der Waals surface area contributed by atoms with Gasteiger partial charge in [0.25, 0.3) is 11.6 Å². The van der Waals surface area contributed by atoms with Crippen LogP contribution in [-0.4, -0.2) is 34.5 Å². The van der Waals surface area contributed by atoms with Crippen LogP contribution >= 0.6 is 34.7 Å². The average Bonchev–Trinajstić information content (AvgIpc) is 3.02. The minimum Gasteiger partial charge on any atom is -0.497 e. The second-order valence-electron chi connectivity index (χ2n) is 5.70. The SMILES string of the molecule is COc1ccc2sc(=NC(=O)c3cc([N+](=O)[O-])ccc3Cl)n(CCSC)c2c1. The number of fused-ring (bicyclic) bond motifs is 1. The summed E-state index contributed by atoms with van der Waals surface area (Å²) >= 11 is 9.12. The van der Waals surface area contributed by atoms with Gasteiger partial charge in [0.2, 0.25) is 0 Å². The molecule has 0 spiro atoms. The molecule has 0 bridgehead atoms. The molecular formula is C18H16ClN3O4S2. The lowest BCUT2D eigenvalue weighted by atomic mass is 10.2. The molecule has 2 aromatic carbocycles. The van der Waals surface area contributed by atoms with Crippen molar-refractivity contribution in [2.45, 2.75) is 6.54 Å². The molecule has 3 rings (SSSR count). The molecule has 0 aliphatic rings. The lowest BCUT2D eigenvalue weighted by molar-refractivity contribution is -0.384. The largest absolute Gasteiger partial charge is 0.497 e. The minimum absolute atomic E-state index is 0.00215. The van der Waals surface area contributed by atoms with Crippen molar-refractivity contribution >= 4 is 56.5 Å². The van der Waals surface area contributed by atoms with Gasteiger partial charge in [0.1, 0.15) is 5.75 Å². The topological polar surface area (TPSA) is 86.7 Å². The molecule has 146 valence electrons. The summed E-state index contributed by atoms with van der Waals surface area (Å²) in [6, 6.07) is 9.40. The van der Waals surface area contributed by atoms with E-state index < -0.39 is 10.8 Å². The first-order valence-electron chi connectivity index (χ1n) is 8.14. The minimum atomic E-state index is -0.620. The summed E-state index contributed by atoms with van der Waals surface area (Å²) in [5.41, 5.74) is 0.705. The maximum absolute atomic E-state index is 12.7. The van der Waals surface area contributed by atoms with E-state index in [1.165, 1.54) is 23.5 Å². The third-order valence-electron chi connectivity index (χ3n) is 4.00. The molecule has 1 amide bonds. The number of aromatic nitrogens is 1. The van der Waals surface area contributed by atoms with Crippen LogP contribution in [0.5, 0.6) is 5.75 Å². The summed E-state index contributed by atoms with van der Waals surface area (Å²) < 4.78 is 8.20. The van der Waals surface area contributed by atoms with Gasteiger partial charge in [-0.05, 0) is 24.5 Å². The van der Waals surface area contributed by atoms with Crippen LogP contribution in [0.25, 0.3) is 10.2 Å². The fraction of sp³-hybridized carbons (Fsp3) is 0.222. The highest BCUT2D eigenvalue weighted by Gasteiger charge is 2.16. The van der Waals surface area contributed by atoms with Gasteiger partial charge >= 0.3 is 0 Å². The fourth-order valence-corrected chi connectivity index (χ4v) is 4.20. The molecule has 0 saturated heterocycles. The van der Waals surface area contributed by atoms with E-state index in [0.29, 0.717) is 17.1 Å². The van der Waals surface area contributed by atoms with Gasteiger partial charge in [-0.1, -0.05) is 22.9 Å². The predicted molar refractivity (Wildman–Crippen MR) is 113 cm³/mol. The number of hydrogen-bond donors (Lipinski definition) is 0. The number of nitro benzene ring substituents is 1. The first-order valence-corrected chi connectivity index (χ1v) is 10.7. The number of carbonyl (C=O) groups excluding carboxylic acids is 1. The number of hydrogen-bond acceptors (Lipinski definition) is 6. The van der Waals surface area contributed by atoms with Gasteiger partial charge in [0.15, 0.2) is 4.80 Å². The van der Waals surface area contributed by atoms with Crippen molar-refractivity contribution in [3.05, 3.63) is 61.9 Å². The number of ether oxygens (including phenoxy) is 1. The lowest BCUT2D eigenvalue weighted by Gasteiger charge is -2.05. The Labute approximate surface area is 173 Å². The Hall–Kier alpha value is -2.36. The molecule has 28 heavy (non-hydrogen) atoms. The number of amides is 1. The highest BCUT2D eigenvalue weighted by molar-refractivity contribution is 7.98. The number of aryl methyl sites for hydroxylation is 1. The number of nitrogens with zero attached hydrogens (tertiary/aromatic N) is 3. The normalized spacial score (nSPS) is 11.8. The monoisotopic (exact) mass is 437 g/mol. The summed E-state index contributed by atoms with van der Waals surface area (Å²) in [4.78, 5) is 27.9. The van der Waals surface area contributed by atoms with E-state index in [2.05, 4.69) is 4.99 Å². The number of benzene rings is 2. The Morgan fingerprint density at radius 3 is 2.82 bits per heavy atom. The van der Waals surface area contributed by atoms with Crippen LogP contribution in [0.1, 0.15) is 10.4 Å². The van der Waals surface area contributed by atoms with Crippen molar-refractivity contribution in [3.8, 4) is 5.75 Å². The van der Waals surface area contributed by atoms with E-state index in [0.717, 1.165) is 22.0 Å². The van der Waals surface area contributed by atoms with Crippen molar-refractivity contribution in [3.63, 3.8) is 0 Å². The Balaban J connectivity index is 2.14. The summed E-state index contributed by atoms with van der Waals surface area (Å²) in [6.07, 6.45) is 2.00. The van der Waals surface area contributed by atoms with Crippen LogP contribution < -0.4 is 9.54 Å². The molecule has 0 saturated carbocycles. The molecule has 7 nitrogen and oxygen atoms in total. The van der Waals surface area contributed by atoms with E-state index in [1.807, 2.05) is 29.0 Å². The quantitative estimate of drug-likeness (QED) is 0.422. The van der Waals surface area contributed by atoms with Crippen LogP contribution in [-0.2, 0) is 6.54 Å². The Kier molecular flexibility index (Phi) is 6.38. The van der Waals surface area contributed by atoms with Crippen LogP contribution in [0.15, 0.2) is 41.4 Å². The standard InChI is InChI=1S/C18H16ClN3O4S2/c1-26-12-4-6-16-15(10-12)21(7-8-27-2)18(28-16)20-17(23)13-9-11(22(24)25)3-5-14(13)19/h3-6,9-10H,7-8H2,1-2H3. The first kappa shape index (κ1) is 20.4. The number of carbonyl (C=O) groups is 1. The molecule has 0 fully saturated rings. The molecule has 0 aliphatic carbocycles. The zero-order chi connectivity index (χ0) is 20.3. The zero-order valence-corrected chi connectivity index (χ0v) is 17.4. The average molecular weight is 438 g/mol. The van der Waals surface area contributed by atoms with Gasteiger partial charge in [-0.25, -0.2) is 0 Å². The van der Waals surface area contributed by atoms with Crippen molar-refractivity contribution in [1.29, 1.82) is 0 Å². The summed E-state index contributed by atoms with van der Waals surface area (Å²) in [6.45, 7) is 0.656. The number of methoxy groups -OCH3 is 1. The van der Waals surface area contributed by atoms with Crippen molar-refractivity contribution < 1.29 is 14.5 Å². The Morgan fingerprint density at radius 2 is 2.14 bits per heavy atom. The molecule has 1 heterocycles. The maximum Gasteiger partial charge on any atom is 0.281 e. The number of non-ortho nitro benzene ring substituents is 1. The van der Waals surface area contributed by atoms with Gasteiger partial charge < -0.3 is 9.30 Å². The molecule has 3 aromatic rings. The van der Waals surface area contributed by atoms with Gasteiger partial charge in [-0.3, -0.25) is 14.9 Å². The Morgan fingerprint density at radius 1 is 1.36 bits per heavy atom. The van der Waals surface area contributed by atoms with Crippen LogP contribution in [0, 0.1) is 10.1 Å². The highest BCUT2D eigenvalue weighted by Crippen LogP contribution is 2.25. The summed E-state index contributed by atoms with van der Waals surface area (Å²) in [5.74, 6) is 0.926. The van der Waals surface area contributed by atoms with Gasteiger partial charge in [-0.2, -0.15) is 16.8 Å². The van der Waals surface area contributed by atoms with Crippen molar-refractivity contribution in [2.24, 2.45) is 4.99 Å². The molecular weight excluding hydrogens is 422 g/mol. The summed E-state index contributed by atoms with van der Waals surface area (Å²) in [5, 5.41) is 11.1. The third kappa shape index (κ3) is 4.21. The predicted octanol–water partition coefficient (Wildman–Crippen LogP) is 4.38. The maximum atomic E-state index is 12.7. The zero-order valence-electron chi connectivity index (χ0n) is 15.0. The van der Waals surface area contributed by atoms with Crippen LogP contribution in [0.4, 0.5) is 5.69 Å². The molecule has 0 unspecified atom stereocenters. The molecule has 0 aliphatic heterocycles. The van der Waals surface area contributed by atoms with E-state index in [4.69, 9.17) is 16.3 Å². The van der Waals surface area contributed by atoms with Gasteiger partial charge in [0, 0.05) is 30.5 Å². The van der Waals surface area contributed by atoms with E-state index in [9.17, 15) is 14.9 Å². The first-order chi connectivity index (χ1) is 13.4. The molecule has 0 N–H and O–H groups in total. The van der Waals surface area contributed by atoms with Gasteiger partial charge in [0.05, 0.1) is 32.8 Å². The number of rotatable bonds is 6. The third-order valence-corrected chi connectivity index (χ3v) is 5.98. The van der Waals surface area contributed by atoms with Crippen molar-refractivity contribution in [1.82, 2.24) is 4.57 Å². The summed E-state index contributed by atoms with van der Waals surface area (Å²) in [7, 11) is 1.60. The lowest BCUT2D eigenvalue weighted by Crippen LogP contribution is -2.18. The van der Waals surface area contributed by atoms with E-state index >= 15 is 0 Å². The van der Waals surface area contributed by atoms with E-state index in [1.54, 1.807) is 18.9 Å². The van der Waals surface area contributed by atoms with E-state index in [-0.39, 0.29) is 16.3 Å². The second-order valence-corrected chi connectivity index (χ2v) is 8.10. The molecule has 0 atom stereocenters. The molecule has 1 aromatic heterocycles. The van der Waals surface area contributed by atoms with Crippen LogP contribution in [0.3, 0.4) is 0 Å². The van der Waals surface area contributed by atoms with Crippen molar-refractivity contribution in [2.75, 3.05) is 19.1 Å². The number of thiazole rings is 1. The second kappa shape index (κ2) is 8.76. The highest BCUT2D eigenvalue weighted by atomic mass is 35.5. The smallest absolute Gasteiger partial charge is 0.281 e. The number of thioether (sulfide) groups is 1. The van der Waals surface area contributed by atoms with Gasteiger partial charge in [-0.15, -0.1) is 0 Å². The van der Waals surface area contributed by atoms with Crippen LogP contribution in [0.2, 0.25) is 5.02 Å². The number of halogens is 1. The molecule has 10 heteroatoms. The molecule has 0 radical (unpaired) electrons. The Bertz CT molecular complexity index is 1120. The fourth-order valence-electron chi connectivity index (χ4n) is 2.60.